The fourth-order valence-corrected chi connectivity index (χ4v) is 2.76. The minimum Gasteiger partial charge on any atom is -0.326 e. The van der Waals surface area contributed by atoms with E-state index in [0.29, 0.717) is 0 Å². The lowest BCUT2D eigenvalue weighted by Crippen LogP contribution is -2.39. The van der Waals surface area contributed by atoms with Gasteiger partial charge >= 0.3 is 0 Å². The van der Waals surface area contributed by atoms with Crippen LogP contribution in [0.3, 0.4) is 0 Å². The summed E-state index contributed by atoms with van der Waals surface area (Å²) in [4.78, 5) is 11.7. The normalized spacial score (nSPS) is 19.2. The average Bonchev–Trinajstić information content (AvgIpc) is 2.37. The van der Waals surface area contributed by atoms with Crippen LogP contribution in [-0.2, 0) is 4.79 Å². The number of carbonyl (C=O) groups excluding carboxylic acids is 1. The Bertz CT molecular complexity index is 455. The lowest BCUT2D eigenvalue weighted by Gasteiger charge is -2.22. The molecular weight excluding hydrogens is 277 g/mol. The molecule has 1 fully saturated rings. The van der Waals surface area contributed by atoms with Gasteiger partial charge in [-0.25, -0.2) is 13.2 Å². The zero-order chi connectivity index (χ0) is 13.8. The molecule has 2 N–H and O–H groups in total. The summed E-state index contributed by atoms with van der Waals surface area (Å²) in [6, 6.07) is 1.58. The maximum Gasteiger partial charge on any atom is 0.225 e. The van der Waals surface area contributed by atoms with E-state index in [1.807, 2.05) is 0 Å². The number of benzene rings is 1. The second kappa shape index (κ2) is 6.29. The molecule has 0 radical (unpaired) electrons. The Hall–Kier alpha value is -1.21. The molecular formula is C12H13F3N2OS. The first-order valence-electron chi connectivity index (χ1n) is 5.82. The molecule has 104 valence electrons. The highest BCUT2D eigenvalue weighted by molar-refractivity contribution is 7.99. The van der Waals surface area contributed by atoms with Crippen molar-refractivity contribution in [1.82, 2.24) is 5.32 Å². The molecule has 0 aliphatic carbocycles. The van der Waals surface area contributed by atoms with E-state index in [4.69, 9.17) is 0 Å². The summed E-state index contributed by atoms with van der Waals surface area (Å²) >= 11 is 1.75. The summed E-state index contributed by atoms with van der Waals surface area (Å²) in [6.45, 7) is 0.836. The monoisotopic (exact) mass is 290 g/mol. The van der Waals surface area contributed by atoms with Gasteiger partial charge in [-0.05, 0) is 0 Å². The van der Waals surface area contributed by atoms with Crippen LogP contribution >= 0.6 is 11.8 Å². The van der Waals surface area contributed by atoms with Gasteiger partial charge in [-0.1, -0.05) is 0 Å². The van der Waals surface area contributed by atoms with E-state index in [-0.39, 0.29) is 24.1 Å². The number of nitrogens with one attached hydrogen (secondary N) is 2. The molecule has 1 aromatic rings. The summed E-state index contributed by atoms with van der Waals surface area (Å²) in [6.07, 6.45) is 0.216. The average molecular weight is 290 g/mol. The number of anilines is 1. The Balaban J connectivity index is 1.94. The van der Waals surface area contributed by atoms with Crippen molar-refractivity contribution in [3.8, 4) is 0 Å². The molecule has 7 heteroatoms. The van der Waals surface area contributed by atoms with Crippen LogP contribution in [0.15, 0.2) is 12.1 Å². The zero-order valence-electron chi connectivity index (χ0n) is 10.0. The number of hydrogen-bond acceptors (Lipinski definition) is 3. The predicted octanol–water partition coefficient (Wildman–Crippen LogP) is 2.14. The summed E-state index contributed by atoms with van der Waals surface area (Å²) in [5, 5.41) is 5.54. The van der Waals surface area contributed by atoms with Crippen LogP contribution in [-0.4, -0.2) is 30.0 Å². The topological polar surface area (TPSA) is 41.1 Å². The van der Waals surface area contributed by atoms with E-state index in [0.717, 1.165) is 30.2 Å². The molecule has 3 nitrogen and oxygen atoms in total. The molecule has 1 aliphatic rings. The minimum absolute atomic E-state index is 0.0499. The van der Waals surface area contributed by atoms with E-state index < -0.39 is 17.5 Å². The Labute approximate surface area is 112 Å². The lowest BCUT2D eigenvalue weighted by molar-refractivity contribution is -0.116. The molecule has 0 spiro atoms. The molecule has 19 heavy (non-hydrogen) atoms. The third kappa shape index (κ3) is 3.87. The minimum atomic E-state index is -1.54. The van der Waals surface area contributed by atoms with Crippen LogP contribution < -0.4 is 10.6 Å². The van der Waals surface area contributed by atoms with Crippen LogP contribution in [0.4, 0.5) is 18.9 Å². The maximum atomic E-state index is 13.0. The Kier molecular flexibility index (Phi) is 4.71. The number of carbonyl (C=O) groups is 1. The largest absolute Gasteiger partial charge is 0.326 e. The second-order valence-corrected chi connectivity index (χ2v) is 5.38. The molecule has 0 aromatic heterocycles. The molecule has 1 unspecified atom stereocenters. The Morgan fingerprint density at radius 3 is 2.63 bits per heavy atom. The van der Waals surface area contributed by atoms with Gasteiger partial charge in [0.25, 0.3) is 0 Å². The number of thioether (sulfide) groups is 1. The molecule has 1 heterocycles. The van der Waals surface area contributed by atoms with E-state index in [9.17, 15) is 18.0 Å². The van der Waals surface area contributed by atoms with Gasteiger partial charge in [-0.2, -0.15) is 11.8 Å². The summed E-state index contributed by atoms with van der Waals surface area (Å²) in [5.74, 6) is -2.71. The van der Waals surface area contributed by atoms with E-state index in [1.165, 1.54) is 0 Å². The summed E-state index contributed by atoms with van der Waals surface area (Å²) in [7, 11) is 0. The van der Waals surface area contributed by atoms with Crippen LogP contribution in [0.2, 0.25) is 0 Å². The van der Waals surface area contributed by atoms with Crippen molar-refractivity contribution >= 4 is 23.4 Å². The van der Waals surface area contributed by atoms with Crippen molar-refractivity contribution in [1.29, 1.82) is 0 Å². The summed E-state index contributed by atoms with van der Waals surface area (Å²) in [5.41, 5.74) is -0.0788. The van der Waals surface area contributed by atoms with Gasteiger partial charge in [-0.3, -0.25) is 4.79 Å². The van der Waals surface area contributed by atoms with Crippen molar-refractivity contribution < 1.29 is 18.0 Å². The highest BCUT2D eigenvalue weighted by atomic mass is 32.2. The third-order valence-corrected chi connectivity index (χ3v) is 3.83. The fourth-order valence-electron chi connectivity index (χ4n) is 1.81. The van der Waals surface area contributed by atoms with Crippen molar-refractivity contribution in [2.24, 2.45) is 0 Å². The molecule has 1 amide bonds. The van der Waals surface area contributed by atoms with Gasteiger partial charge in [0.05, 0.1) is 0 Å². The van der Waals surface area contributed by atoms with Crippen LogP contribution in [0.25, 0.3) is 0 Å². The number of amides is 1. The molecule has 0 bridgehead atoms. The molecule has 1 saturated heterocycles. The summed E-state index contributed by atoms with van der Waals surface area (Å²) < 4.78 is 38.7. The van der Waals surface area contributed by atoms with Gasteiger partial charge in [0, 0.05) is 48.3 Å². The van der Waals surface area contributed by atoms with E-state index >= 15 is 0 Å². The highest BCUT2D eigenvalue weighted by Gasteiger charge is 2.18. The van der Waals surface area contributed by atoms with Crippen molar-refractivity contribution in [3.63, 3.8) is 0 Å². The molecule has 2 rings (SSSR count). The zero-order valence-corrected chi connectivity index (χ0v) is 10.8. The van der Waals surface area contributed by atoms with Crippen molar-refractivity contribution in [2.75, 3.05) is 23.4 Å². The van der Waals surface area contributed by atoms with Crippen LogP contribution in [0.1, 0.15) is 6.42 Å². The quantitative estimate of drug-likeness (QED) is 0.838. The first-order chi connectivity index (χ1) is 9.06. The first kappa shape index (κ1) is 14.2. The van der Waals surface area contributed by atoms with E-state index in [1.54, 1.807) is 11.8 Å². The van der Waals surface area contributed by atoms with Gasteiger partial charge < -0.3 is 10.6 Å². The molecule has 1 aromatic carbocycles. The fraction of sp³-hybridized carbons (Fsp3) is 0.417. The molecule has 0 saturated carbocycles. The number of rotatable bonds is 3. The molecule has 1 aliphatic heterocycles. The van der Waals surface area contributed by atoms with Gasteiger partial charge in [0.15, 0.2) is 17.5 Å². The van der Waals surface area contributed by atoms with E-state index in [2.05, 4.69) is 10.6 Å². The highest BCUT2D eigenvalue weighted by Crippen LogP contribution is 2.18. The second-order valence-electron chi connectivity index (χ2n) is 4.23. The maximum absolute atomic E-state index is 13.0. The molecule has 1 atom stereocenters. The first-order valence-corrected chi connectivity index (χ1v) is 6.97. The van der Waals surface area contributed by atoms with Crippen molar-refractivity contribution in [3.05, 3.63) is 29.6 Å². The number of halogens is 3. The van der Waals surface area contributed by atoms with Crippen LogP contribution in [0, 0.1) is 17.5 Å². The Morgan fingerprint density at radius 2 is 2.05 bits per heavy atom. The van der Waals surface area contributed by atoms with Gasteiger partial charge in [-0.15, -0.1) is 0 Å². The standard InChI is InChI=1S/C12H13F3N2OS/c13-9-3-7(4-10(14)12(9)15)17-11(18)5-8-6-19-2-1-16-8/h3-4,8,16H,1-2,5-6H2,(H,17,18). The Morgan fingerprint density at radius 1 is 1.37 bits per heavy atom. The van der Waals surface area contributed by atoms with Gasteiger partial charge in [0.1, 0.15) is 0 Å². The smallest absolute Gasteiger partial charge is 0.225 e. The predicted molar refractivity (Wildman–Crippen MR) is 68.7 cm³/mol. The van der Waals surface area contributed by atoms with Crippen LogP contribution in [0.5, 0.6) is 0 Å². The van der Waals surface area contributed by atoms with Crippen molar-refractivity contribution in [2.45, 2.75) is 12.5 Å². The SMILES string of the molecule is O=C(CC1CSCCN1)Nc1cc(F)c(F)c(F)c1. The number of hydrogen-bond donors (Lipinski definition) is 2. The van der Waals surface area contributed by atoms with Gasteiger partial charge in [0.2, 0.25) is 5.91 Å². The lowest BCUT2D eigenvalue weighted by atomic mass is 10.2. The third-order valence-electron chi connectivity index (χ3n) is 2.70.